The van der Waals surface area contributed by atoms with E-state index in [0.29, 0.717) is 11.8 Å². The molecule has 2 N–H and O–H groups in total. The number of hydrogen-bond donors (Lipinski definition) is 2. The fraction of sp³-hybridized carbons (Fsp3) is 0.273. The van der Waals surface area contributed by atoms with Gasteiger partial charge in [-0.2, -0.15) is 5.10 Å². The van der Waals surface area contributed by atoms with Crippen LogP contribution in [0.15, 0.2) is 66.9 Å². The number of anilines is 2. The Morgan fingerprint density at radius 2 is 1.79 bits per heavy atom. The van der Waals surface area contributed by atoms with Crippen LogP contribution in [0.4, 0.5) is 11.5 Å². The Kier molecular flexibility index (Phi) is 5.56. The molecular weight excluding hydrogens is 352 g/mol. The fourth-order valence-electron chi connectivity index (χ4n) is 3.53. The van der Waals surface area contributed by atoms with Crippen molar-refractivity contribution in [1.82, 2.24) is 9.78 Å². The van der Waals surface area contributed by atoms with Crippen LogP contribution in [0.3, 0.4) is 0 Å². The Hall–Kier alpha value is -3.28. The summed E-state index contributed by atoms with van der Waals surface area (Å²) in [6.07, 6.45) is 6.42. The molecule has 1 aromatic heterocycles. The molecule has 1 aliphatic carbocycles. The van der Waals surface area contributed by atoms with Crippen LogP contribution in [0.5, 0.6) is 11.5 Å². The summed E-state index contributed by atoms with van der Waals surface area (Å²) in [5, 5.41) is 10.5. The van der Waals surface area contributed by atoms with Crippen LogP contribution in [0.25, 0.3) is 0 Å². The van der Waals surface area contributed by atoms with Gasteiger partial charge in [-0.1, -0.05) is 43.2 Å². The Morgan fingerprint density at radius 1 is 1.04 bits per heavy atom. The third-order valence-electron chi connectivity index (χ3n) is 4.91. The van der Waals surface area contributed by atoms with Crippen molar-refractivity contribution < 1.29 is 9.53 Å². The van der Waals surface area contributed by atoms with Gasteiger partial charge in [0, 0.05) is 6.07 Å². The van der Waals surface area contributed by atoms with Gasteiger partial charge in [-0.15, -0.1) is 0 Å². The van der Waals surface area contributed by atoms with Crippen molar-refractivity contribution in [2.24, 2.45) is 0 Å². The van der Waals surface area contributed by atoms with E-state index in [1.165, 1.54) is 12.8 Å². The Labute approximate surface area is 164 Å². The molecule has 0 saturated heterocycles. The van der Waals surface area contributed by atoms with E-state index in [4.69, 9.17) is 4.74 Å². The molecule has 144 valence electrons. The second-order valence-corrected chi connectivity index (χ2v) is 6.91. The molecular formula is C22H24N4O2. The Balaban J connectivity index is 1.37. The molecule has 0 unspecified atom stereocenters. The van der Waals surface area contributed by atoms with Gasteiger partial charge in [0.2, 0.25) is 5.91 Å². The zero-order valence-corrected chi connectivity index (χ0v) is 15.7. The van der Waals surface area contributed by atoms with Crippen LogP contribution < -0.4 is 15.4 Å². The van der Waals surface area contributed by atoms with Crippen molar-refractivity contribution >= 4 is 17.4 Å². The van der Waals surface area contributed by atoms with Crippen molar-refractivity contribution in [3.05, 3.63) is 66.9 Å². The summed E-state index contributed by atoms with van der Waals surface area (Å²) in [6, 6.07) is 19.4. The zero-order valence-electron chi connectivity index (χ0n) is 15.7. The second kappa shape index (κ2) is 8.61. The average Bonchev–Trinajstić information content (AvgIpc) is 3.40. The summed E-state index contributed by atoms with van der Waals surface area (Å²) in [5.74, 6) is 2.07. The standard InChI is InChI=1S/C22H24N4O2/c27-22(25-21-14-15-24-26(21)17-8-4-5-9-17)16-23-19-12-6-7-13-20(19)28-18-10-2-1-3-11-18/h1-3,6-7,10-15,17,23H,4-5,8-9,16H2,(H,25,27). The Bertz CT molecular complexity index is 917. The number of carbonyl (C=O) groups excluding carboxylic acids is 1. The lowest BCUT2D eigenvalue weighted by Crippen LogP contribution is -2.24. The summed E-state index contributed by atoms with van der Waals surface area (Å²) in [4.78, 5) is 12.5. The van der Waals surface area contributed by atoms with E-state index in [1.54, 1.807) is 6.20 Å². The van der Waals surface area contributed by atoms with E-state index >= 15 is 0 Å². The van der Waals surface area contributed by atoms with Gasteiger partial charge < -0.3 is 15.4 Å². The van der Waals surface area contributed by atoms with Crippen molar-refractivity contribution in [3.63, 3.8) is 0 Å². The monoisotopic (exact) mass is 376 g/mol. The third-order valence-corrected chi connectivity index (χ3v) is 4.91. The SMILES string of the molecule is O=C(CNc1ccccc1Oc1ccccc1)Nc1ccnn1C1CCCC1. The van der Waals surface area contributed by atoms with E-state index in [1.807, 2.05) is 65.3 Å². The molecule has 1 fully saturated rings. The molecule has 4 rings (SSSR count). The van der Waals surface area contributed by atoms with Crippen molar-refractivity contribution in [3.8, 4) is 11.5 Å². The normalized spacial score (nSPS) is 14.0. The highest BCUT2D eigenvalue weighted by molar-refractivity contribution is 5.93. The number of nitrogens with one attached hydrogen (secondary N) is 2. The molecule has 6 heteroatoms. The molecule has 1 aliphatic rings. The quantitative estimate of drug-likeness (QED) is 0.619. The van der Waals surface area contributed by atoms with Gasteiger partial charge in [0.1, 0.15) is 11.6 Å². The number of benzene rings is 2. The number of aromatic nitrogens is 2. The number of nitrogens with zero attached hydrogens (tertiary/aromatic N) is 2. The molecule has 1 amide bonds. The predicted molar refractivity (Wildman–Crippen MR) is 110 cm³/mol. The number of amides is 1. The van der Waals surface area contributed by atoms with E-state index < -0.39 is 0 Å². The fourth-order valence-corrected chi connectivity index (χ4v) is 3.53. The minimum atomic E-state index is -0.116. The van der Waals surface area contributed by atoms with Crippen LogP contribution in [-0.4, -0.2) is 22.2 Å². The first-order valence-electron chi connectivity index (χ1n) is 9.69. The average molecular weight is 376 g/mol. The van der Waals surface area contributed by atoms with Crippen molar-refractivity contribution in [1.29, 1.82) is 0 Å². The van der Waals surface area contributed by atoms with Crippen molar-refractivity contribution in [2.45, 2.75) is 31.7 Å². The molecule has 0 radical (unpaired) electrons. The van der Waals surface area contributed by atoms with Gasteiger partial charge in [-0.3, -0.25) is 4.79 Å². The molecule has 1 saturated carbocycles. The Morgan fingerprint density at radius 3 is 2.61 bits per heavy atom. The van der Waals surface area contributed by atoms with E-state index in [-0.39, 0.29) is 12.5 Å². The van der Waals surface area contributed by atoms with Crippen LogP contribution >= 0.6 is 0 Å². The second-order valence-electron chi connectivity index (χ2n) is 6.91. The molecule has 1 heterocycles. The van der Waals surface area contributed by atoms with Gasteiger partial charge >= 0.3 is 0 Å². The molecule has 3 aromatic rings. The summed E-state index contributed by atoms with van der Waals surface area (Å²) in [5.41, 5.74) is 0.769. The lowest BCUT2D eigenvalue weighted by Gasteiger charge is -2.16. The zero-order chi connectivity index (χ0) is 19.2. The van der Waals surface area contributed by atoms with Gasteiger partial charge in [0.05, 0.1) is 24.5 Å². The summed E-state index contributed by atoms with van der Waals surface area (Å²) >= 11 is 0. The first-order chi connectivity index (χ1) is 13.8. The number of ether oxygens (including phenoxy) is 1. The lowest BCUT2D eigenvalue weighted by molar-refractivity contribution is -0.114. The van der Waals surface area contributed by atoms with Crippen molar-refractivity contribution in [2.75, 3.05) is 17.2 Å². The highest BCUT2D eigenvalue weighted by atomic mass is 16.5. The summed E-state index contributed by atoms with van der Waals surface area (Å²) in [6.45, 7) is 0.144. The van der Waals surface area contributed by atoms with Crippen LogP contribution in [0.1, 0.15) is 31.7 Å². The smallest absolute Gasteiger partial charge is 0.244 e. The molecule has 0 spiro atoms. The highest BCUT2D eigenvalue weighted by Crippen LogP contribution is 2.31. The first kappa shape index (κ1) is 18.1. The summed E-state index contributed by atoms with van der Waals surface area (Å²) in [7, 11) is 0. The van der Waals surface area contributed by atoms with Gasteiger partial charge in [0.15, 0.2) is 5.75 Å². The number of carbonyl (C=O) groups is 1. The minimum Gasteiger partial charge on any atom is -0.455 e. The molecule has 28 heavy (non-hydrogen) atoms. The molecule has 0 atom stereocenters. The molecule has 6 nitrogen and oxygen atoms in total. The van der Waals surface area contributed by atoms with Gasteiger partial charge in [-0.05, 0) is 37.1 Å². The van der Waals surface area contributed by atoms with E-state index in [9.17, 15) is 4.79 Å². The van der Waals surface area contributed by atoms with Crippen LogP contribution in [0.2, 0.25) is 0 Å². The molecule has 2 aromatic carbocycles. The lowest BCUT2D eigenvalue weighted by atomic mass is 10.2. The maximum absolute atomic E-state index is 12.5. The maximum Gasteiger partial charge on any atom is 0.244 e. The molecule has 0 bridgehead atoms. The number of rotatable bonds is 7. The number of hydrogen-bond acceptors (Lipinski definition) is 4. The highest BCUT2D eigenvalue weighted by Gasteiger charge is 2.20. The van der Waals surface area contributed by atoms with Gasteiger partial charge in [0.25, 0.3) is 0 Å². The van der Waals surface area contributed by atoms with E-state index in [2.05, 4.69) is 15.7 Å². The number of para-hydroxylation sites is 3. The largest absolute Gasteiger partial charge is 0.455 e. The third kappa shape index (κ3) is 4.34. The summed E-state index contributed by atoms with van der Waals surface area (Å²) < 4.78 is 7.87. The van der Waals surface area contributed by atoms with Crippen LogP contribution in [0, 0.1) is 0 Å². The topological polar surface area (TPSA) is 68.2 Å². The molecule has 0 aliphatic heterocycles. The van der Waals surface area contributed by atoms with E-state index in [0.717, 1.165) is 30.1 Å². The minimum absolute atomic E-state index is 0.116. The maximum atomic E-state index is 12.5. The van der Waals surface area contributed by atoms with Gasteiger partial charge in [-0.25, -0.2) is 4.68 Å². The predicted octanol–water partition coefficient (Wildman–Crippen LogP) is 4.84. The first-order valence-corrected chi connectivity index (χ1v) is 9.69. The van der Waals surface area contributed by atoms with Crippen LogP contribution in [-0.2, 0) is 4.79 Å².